The summed E-state index contributed by atoms with van der Waals surface area (Å²) < 4.78 is 35.9. The third kappa shape index (κ3) is 5.80. The van der Waals surface area contributed by atoms with Gasteiger partial charge in [0.2, 0.25) is 10.0 Å². The molecule has 3 aromatic rings. The van der Waals surface area contributed by atoms with Gasteiger partial charge in [0.25, 0.3) is 5.56 Å². The van der Waals surface area contributed by atoms with Gasteiger partial charge in [-0.1, -0.05) is 24.3 Å². The molecule has 0 aliphatic heterocycles. The van der Waals surface area contributed by atoms with Crippen molar-refractivity contribution in [2.75, 3.05) is 0 Å². The smallest absolute Gasteiger partial charge is 0.328 e. The average Bonchev–Trinajstić information content (AvgIpc) is 3.29. The molecule has 2 aromatic carbocycles. The summed E-state index contributed by atoms with van der Waals surface area (Å²) in [5.74, 6) is 0.757. The molecule has 2 N–H and O–H groups in total. The van der Waals surface area contributed by atoms with Gasteiger partial charge in [0.1, 0.15) is 5.75 Å². The second kappa shape index (κ2) is 9.76. The van der Waals surface area contributed by atoms with Crippen LogP contribution in [0, 0.1) is 0 Å². The first kappa shape index (κ1) is 23.0. The molecule has 174 valence electrons. The molecule has 1 heterocycles. The van der Waals surface area contributed by atoms with Crippen LogP contribution >= 0.6 is 0 Å². The largest absolute Gasteiger partial charge is 0.490 e. The fourth-order valence-electron chi connectivity index (χ4n) is 3.96. The fraction of sp³-hybridized carbons (Fsp3) is 0.333. The lowest BCUT2D eigenvalue weighted by Gasteiger charge is -2.18. The Morgan fingerprint density at radius 1 is 1.09 bits per heavy atom. The second-order valence-corrected chi connectivity index (χ2v) is 10.0. The van der Waals surface area contributed by atoms with Crippen molar-refractivity contribution in [3.05, 3.63) is 92.8 Å². The molecule has 0 saturated heterocycles. The van der Waals surface area contributed by atoms with E-state index in [0.29, 0.717) is 0 Å². The number of ether oxygens (including phenoxy) is 1. The number of aromatic nitrogens is 2. The van der Waals surface area contributed by atoms with E-state index in [0.717, 1.165) is 29.7 Å². The number of rotatable bonds is 8. The standard InChI is InChI=1S/C24H27N3O5S/c1-17(19-5-4-8-21(15-19)32-20-6-2-3-7-20)26-33(30,31)22-11-9-18(10-12-22)16-27-14-13-23(28)25-24(27)29/h4-5,8-15,17,20,26H,2-3,6-7,16H2,1H3,(H,25,28,29)/t17-/m1/s1. The Balaban J connectivity index is 1.43. The van der Waals surface area contributed by atoms with Crippen molar-refractivity contribution in [3.8, 4) is 5.75 Å². The third-order valence-corrected chi connectivity index (χ3v) is 7.34. The quantitative estimate of drug-likeness (QED) is 0.527. The van der Waals surface area contributed by atoms with E-state index >= 15 is 0 Å². The number of H-pyrrole nitrogens is 1. The number of nitrogens with one attached hydrogen (secondary N) is 2. The number of sulfonamides is 1. The van der Waals surface area contributed by atoms with Crippen LogP contribution in [0.25, 0.3) is 0 Å². The highest BCUT2D eigenvalue weighted by atomic mass is 32.2. The summed E-state index contributed by atoms with van der Waals surface area (Å²) in [7, 11) is -3.75. The van der Waals surface area contributed by atoms with Gasteiger partial charge in [0.15, 0.2) is 0 Å². The summed E-state index contributed by atoms with van der Waals surface area (Å²) in [5.41, 5.74) is 0.568. The Hall–Kier alpha value is -3.17. The van der Waals surface area contributed by atoms with E-state index in [1.807, 2.05) is 24.3 Å². The van der Waals surface area contributed by atoms with E-state index in [9.17, 15) is 18.0 Å². The minimum absolute atomic E-state index is 0.130. The zero-order valence-corrected chi connectivity index (χ0v) is 19.2. The minimum Gasteiger partial charge on any atom is -0.490 e. The monoisotopic (exact) mass is 469 g/mol. The number of hydrogen-bond donors (Lipinski definition) is 2. The molecule has 1 aliphatic rings. The minimum atomic E-state index is -3.75. The van der Waals surface area contributed by atoms with Gasteiger partial charge in [-0.2, -0.15) is 0 Å². The molecule has 8 nitrogen and oxygen atoms in total. The molecule has 0 spiro atoms. The highest BCUT2D eigenvalue weighted by molar-refractivity contribution is 7.89. The fourth-order valence-corrected chi connectivity index (χ4v) is 5.20. The van der Waals surface area contributed by atoms with E-state index in [2.05, 4.69) is 9.71 Å². The van der Waals surface area contributed by atoms with Gasteiger partial charge in [-0.25, -0.2) is 17.9 Å². The molecule has 1 fully saturated rings. The first-order valence-electron chi connectivity index (χ1n) is 11.0. The molecule has 33 heavy (non-hydrogen) atoms. The molecule has 1 atom stereocenters. The predicted octanol–water partition coefficient (Wildman–Crippen LogP) is 2.95. The maximum absolute atomic E-state index is 12.9. The molecule has 0 radical (unpaired) electrons. The van der Waals surface area contributed by atoms with Crippen LogP contribution in [0.3, 0.4) is 0 Å². The van der Waals surface area contributed by atoms with Crippen LogP contribution in [0.4, 0.5) is 0 Å². The Morgan fingerprint density at radius 3 is 2.52 bits per heavy atom. The van der Waals surface area contributed by atoms with Gasteiger partial charge < -0.3 is 4.74 Å². The maximum Gasteiger partial charge on any atom is 0.328 e. The molecular formula is C24H27N3O5S. The highest BCUT2D eigenvalue weighted by Crippen LogP contribution is 2.26. The van der Waals surface area contributed by atoms with Gasteiger partial charge in [-0.3, -0.25) is 14.3 Å². The zero-order valence-electron chi connectivity index (χ0n) is 18.4. The van der Waals surface area contributed by atoms with E-state index in [-0.39, 0.29) is 17.5 Å². The Bertz CT molecular complexity index is 1320. The van der Waals surface area contributed by atoms with Crippen molar-refractivity contribution >= 4 is 10.0 Å². The van der Waals surface area contributed by atoms with E-state index in [1.165, 1.54) is 41.8 Å². The van der Waals surface area contributed by atoms with Crippen LogP contribution in [0.15, 0.2) is 75.3 Å². The first-order chi connectivity index (χ1) is 15.8. The molecule has 0 unspecified atom stereocenters. The van der Waals surface area contributed by atoms with Crippen LogP contribution in [0.2, 0.25) is 0 Å². The average molecular weight is 470 g/mol. The molecule has 0 bridgehead atoms. The number of benzene rings is 2. The highest BCUT2D eigenvalue weighted by Gasteiger charge is 2.20. The number of hydrogen-bond acceptors (Lipinski definition) is 5. The number of nitrogens with zero attached hydrogens (tertiary/aromatic N) is 1. The summed E-state index contributed by atoms with van der Waals surface area (Å²) in [6.07, 6.45) is 6.11. The first-order valence-corrected chi connectivity index (χ1v) is 12.5. The van der Waals surface area contributed by atoms with Crippen molar-refractivity contribution in [2.45, 2.75) is 56.2 Å². The van der Waals surface area contributed by atoms with Crippen LogP contribution in [0.5, 0.6) is 5.75 Å². The van der Waals surface area contributed by atoms with Gasteiger partial charge in [-0.05, 0) is 68.0 Å². The normalized spacial score (nSPS) is 15.4. The SMILES string of the molecule is C[C@@H](NS(=O)(=O)c1ccc(Cn2ccc(=O)[nH]c2=O)cc1)c1cccc(OC2CCCC2)c1. The van der Waals surface area contributed by atoms with Gasteiger partial charge in [0, 0.05) is 18.3 Å². The molecule has 9 heteroatoms. The van der Waals surface area contributed by atoms with Crippen molar-refractivity contribution in [2.24, 2.45) is 0 Å². The van der Waals surface area contributed by atoms with E-state index < -0.39 is 27.3 Å². The van der Waals surface area contributed by atoms with Gasteiger partial charge >= 0.3 is 5.69 Å². The van der Waals surface area contributed by atoms with Crippen LogP contribution in [-0.2, 0) is 16.6 Å². The lowest BCUT2D eigenvalue weighted by atomic mass is 10.1. The Labute approximate surface area is 192 Å². The van der Waals surface area contributed by atoms with Crippen molar-refractivity contribution in [3.63, 3.8) is 0 Å². The zero-order chi connectivity index (χ0) is 23.4. The second-order valence-electron chi connectivity index (χ2n) is 8.32. The molecule has 4 rings (SSSR count). The van der Waals surface area contributed by atoms with Gasteiger partial charge in [0.05, 0.1) is 17.5 Å². The molecule has 1 aromatic heterocycles. The number of aromatic amines is 1. The Morgan fingerprint density at radius 2 is 1.82 bits per heavy atom. The third-order valence-electron chi connectivity index (χ3n) is 5.78. The van der Waals surface area contributed by atoms with Crippen LogP contribution < -0.4 is 20.7 Å². The molecule has 0 amide bonds. The summed E-state index contributed by atoms with van der Waals surface area (Å²) in [4.78, 5) is 25.3. The van der Waals surface area contributed by atoms with Crippen molar-refractivity contribution in [1.82, 2.24) is 14.3 Å². The lowest BCUT2D eigenvalue weighted by molar-refractivity contribution is 0.210. The van der Waals surface area contributed by atoms with Crippen LogP contribution in [0.1, 0.15) is 49.8 Å². The summed E-state index contributed by atoms with van der Waals surface area (Å²) >= 11 is 0. The summed E-state index contributed by atoms with van der Waals surface area (Å²) in [5, 5.41) is 0. The topological polar surface area (TPSA) is 110 Å². The van der Waals surface area contributed by atoms with E-state index in [1.54, 1.807) is 19.1 Å². The predicted molar refractivity (Wildman–Crippen MR) is 125 cm³/mol. The summed E-state index contributed by atoms with van der Waals surface area (Å²) in [6, 6.07) is 14.6. The van der Waals surface area contributed by atoms with Gasteiger partial charge in [-0.15, -0.1) is 0 Å². The molecular weight excluding hydrogens is 442 g/mol. The van der Waals surface area contributed by atoms with Crippen molar-refractivity contribution in [1.29, 1.82) is 0 Å². The van der Waals surface area contributed by atoms with E-state index in [4.69, 9.17) is 4.74 Å². The van der Waals surface area contributed by atoms with Crippen LogP contribution in [-0.4, -0.2) is 24.1 Å². The van der Waals surface area contributed by atoms with Crippen molar-refractivity contribution < 1.29 is 13.2 Å². The molecule has 1 saturated carbocycles. The maximum atomic E-state index is 12.9. The lowest BCUT2D eigenvalue weighted by Crippen LogP contribution is -2.29. The molecule has 1 aliphatic carbocycles. The summed E-state index contributed by atoms with van der Waals surface area (Å²) in [6.45, 7) is 2.01. The Kier molecular flexibility index (Phi) is 6.80.